The van der Waals surface area contributed by atoms with E-state index in [1.807, 2.05) is 37.1 Å². The highest BCUT2D eigenvalue weighted by atomic mass is 16.1. The molecule has 2 atom stereocenters. The fraction of sp³-hybridized carbons (Fsp3) is 0.385. The third-order valence-electron chi connectivity index (χ3n) is 6.22. The summed E-state index contributed by atoms with van der Waals surface area (Å²) in [5.41, 5.74) is 14.2. The highest BCUT2D eigenvalue weighted by molar-refractivity contribution is 5.74. The van der Waals surface area contributed by atoms with Gasteiger partial charge < -0.3 is 5.73 Å². The number of aryl methyl sites for hydroxylation is 4. The van der Waals surface area contributed by atoms with Gasteiger partial charge in [-0.15, -0.1) is 0 Å². The molecule has 3 aromatic heterocycles. The number of carbonyl (C=O) groups excluding carboxylic acids is 1. The molecular formula is C26H32N4O. The summed E-state index contributed by atoms with van der Waals surface area (Å²) in [6.07, 6.45) is 14.3. The van der Waals surface area contributed by atoms with Crippen molar-refractivity contribution in [3.05, 3.63) is 88.3 Å². The lowest BCUT2D eigenvalue weighted by Gasteiger charge is -2.30. The standard InChI is InChI=1S/C26H32N4O/c1-17-12-29-13-18(2)23(17)8-7-22(11-25(27)31)24(10-21-6-5-9-28-16-21)26-19(3)14-30-15-20(26)4/h5-6,9,12-16,22,24H,7-8,10-11H2,1-4H3,(H2,27,31). The number of carbonyl (C=O) groups is 1. The van der Waals surface area contributed by atoms with E-state index in [0.717, 1.165) is 36.0 Å². The summed E-state index contributed by atoms with van der Waals surface area (Å²) in [5, 5.41) is 0. The first kappa shape index (κ1) is 22.6. The number of amides is 1. The number of nitrogens with zero attached hydrogens (tertiary/aromatic N) is 3. The SMILES string of the molecule is Cc1cncc(C)c1CCC(CC(N)=O)C(Cc1cccnc1)c1c(C)cncc1C. The molecule has 0 saturated carbocycles. The quantitative estimate of drug-likeness (QED) is 0.554. The van der Waals surface area contributed by atoms with Gasteiger partial charge in [0.2, 0.25) is 5.91 Å². The number of nitrogens with two attached hydrogens (primary N) is 1. The van der Waals surface area contributed by atoms with Crippen molar-refractivity contribution in [2.24, 2.45) is 11.7 Å². The minimum Gasteiger partial charge on any atom is -0.370 e. The zero-order valence-electron chi connectivity index (χ0n) is 18.9. The molecule has 31 heavy (non-hydrogen) atoms. The van der Waals surface area contributed by atoms with Crippen LogP contribution in [0.4, 0.5) is 0 Å². The van der Waals surface area contributed by atoms with Crippen LogP contribution in [0, 0.1) is 33.6 Å². The molecule has 2 N–H and O–H groups in total. The summed E-state index contributed by atoms with van der Waals surface area (Å²) < 4.78 is 0. The molecule has 0 aliphatic carbocycles. The second kappa shape index (κ2) is 10.3. The lowest BCUT2D eigenvalue weighted by atomic mass is 9.75. The average molecular weight is 417 g/mol. The molecule has 0 aliphatic rings. The summed E-state index contributed by atoms with van der Waals surface area (Å²) in [6, 6.07) is 4.07. The minimum absolute atomic E-state index is 0.115. The van der Waals surface area contributed by atoms with Gasteiger partial charge in [-0.25, -0.2) is 0 Å². The molecule has 0 spiro atoms. The monoisotopic (exact) mass is 416 g/mol. The minimum atomic E-state index is -0.256. The van der Waals surface area contributed by atoms with Crippen molar-refractivity contribution in [1.29, 1.82) is 0 Å². The van der Waals surface area contributed by atoms with E-state index in [0.29, 0.717) is 6.42 Å². The van der Waals surface area contributed by atoms with Crippen LogP contribution >= 0.6 is 0 Å². The molecule has 0 aliphatic heterocycles. The Balaban J connectivity index is 1.99. The Morgan fingerprint density at radius 2 is 1.52 bits per heavy atom. The topological polar surface area (TPSA) is 81.8 Å². The van der Waals surface area contributed by atoms with E-state index in [4.69, 9.17) is 5.73 Å². The van der Waals surface area contributed by atoms with Crippen molar-refractivity contribution in [2.75, 3.05) is 0 Å². The van der Waals surface area contributed by atoms with Crippen LogP contribution in [0.15, 0.2) is 49.3 Å². The Hall–Kier alpha value is -3.08. The van der Waals surface area contributed by atoms with Gasteiger partial charge in [-0.1, -0.05) is 6.07 Å². The molecule has 0 saturated heterocycles. The Labute approximate surface area is 185 Å². The molecule has 162 valence electrons. The van der Waals surface area contributed by atoms with Gasteiger partial charge in [-0.3, -0.25) is 19.7 Å². The maximum atomic E-state index is 12.1. The highest BCUT2D eigenvalue weighted by Crippen LogP contribution is 2.37. The van der Waals surface area contributed by atoms with Crippen LogP contribution in [0.3, 0.4) is 0 Å². The molecule has 0 radical (unpaired) electrons. The van der Waals surface area contributed by atoms with E-state index in [-0.39, 0.29) is 17.7 Å². The number of hydrogen-bond acceptors (Lipinski definition) is 4. The normalized spacial score (nSPS) is 13.0. The number of rotatable bonds is 9. The zero-order chi connectivity index (χ0) is 22.4. The van der Waals surface area contributed by atoms with Crippen molar-refractivity contribution in [2.45, 2.75) is 59.3 Å². The van der Waals surface area contributed by atoms with Gasteiger partial charge in [0.05, 0.1) is 0 Å². The van der Waals surface area contributed by atoms with Gasteiger partial charge in [-0.2, -0.15) is 0 Å². The van der Waals surface area contributed by atoms with Crippen molar-refractivity contribution in [3.8, 4) is 0 Å². The molecule has 5 nitrogen and oxygen atoms in total. The Morgan fingerprint density at radius 3 is 2.06 bits per heavy atom. The predicted molar refractivity (Wildman–Crippen MR) is 124 cm³/mol. The third-order valence-corrected chi connectivity index (χ3v) is 6.22. The maximum Gasteiger partial charge on any atom is 0.217 e. The average Bonchev–Trinajstić information content (AvgIpc) is 2.72. The lowest BCUT2D eigenvalue weighted by molar-refractivity contribution is -0.119. The van der Waals surface area contributed by atoms with Crippen molar-refractivity contribution < 1.29 is 4.79 Å². The van der Waals surface area contributed by atoms with Gasteiger partial charge in [0, 0.05) is 43.6 Å². The fourth-order valence-corrected chi connectivity index (χ4v) is 4.73. The predicted octanol–water partition coefficient (Wildman–Crippen LogP) is 4.56. The first-order valence-electron chi connectivity index (χ1n) is 10.8. The van der Waals surface area contributed by atoms with Crippen LogP contribution in [0.1, 0.15) is 57.7 Å². The maximum absolute atomic E-state index is 12.1. The van der Waals surface area contributed by atoms with E-state index in [9.17, 15) is 4.79 Å². The largest absolute Gasteiger partial charge is 0.370 e. The molecule has 3 aromatic rings. The van der Waals surface area contributed by atoms with Crippen LogP contribution in [0.5, 0.6) is 0 Å². The van der Waals surface area contributed by atoms with E-state index in [1.54, 1.807) is 6.20 Å². The second-order valence-electron chi connectivity index (χ2n) is 8.58. The van der Waals surface area contributed by atoms with Crippen LogP contribution < -0.4 is 5.73 Å². The van der Waals surface area contributed by atoms with E-state index >= 15 is 0 Å². The molecular weight excluding hydrogens is 384 g/mol. The molecule has 1 amide bonds. The Bertz CT molecular complexity index is 992. The Kier molecular flexibility index (Phi) is 7.50. The molecule has 0 fully saturated rings. The first-order chi connectivity index (χ1) is 14.9. The summed E-state index contributed by atoms with van der Waals surface area (Å²) in [7, 11) is 0. The van der Waals surface area contributed by atoms with Gasteiger partial charge in [0.15, 0.2) is 0 Å². The molecule has 5 heteroatoms. The van der Waals surface area contributed by atoms with E-state index in [1.165, 1.54) is 22.3 Å². The zero-order valence-corrected chi connectivity index (χ0v) is 18.9. The Morgan fingerprint density at radius 1 is 0.903 bits per heavy atom. The molecule has 3 rings (SSSR count). The van der Waals surface area contributed by atoms with Crippen LogP contribution in [0.25, 0.3) is 0 Å². The summed E-state index contributed by atoms with van der Waals surface area (Å²) in [6.45, 7) is 8.40. The number of primary amides is 1. The summed E-state index contributed by atoms with van der Waals surface area (Å²) in [5.74, 6) is 0.0142. The summed E-state index contributed by atoms with van der Waals surface area (Å²) >= 11 is 0. The fourth-order valence-electron chi connectivity index (χ4n) is 4.73. The molecule has 2 unspecified atom stereocenters. The molecule has 3 heterocycles. The number of aromatic nitrogens is 3. The van der Waals surface area contributed by atoms with Crippen LogP contribution in [0.2, 0.25) is 0 Å². The first-order valence-corrected chi connectivity index (χ1v) is 10.8. The van der Waals surface area contributed by atoms with E-state index in [2.05, 4.69) is 48.7 Å². The number of pyridine rings is 3. The van der Waals surface area contributed by atoms with Gasteiger partial charge >= 0.3 is 0 Å². The van der Waals surface area contributed by atoms with Crippen molar-refractivity contribution in [1.82, 2.24) is 15.0 Å². The van der Waals surface area contributed by atoms with E-state index < -0.39 is 0 Å². The van der Waals surface area contributed by atoms with Gasteiger partial charge in [-0.05, 0) is 104 Å². The number of hydrogen-bond donors (Lipinski definition) is 1. The highest BCUT2D eigenvalue weighted by Gasteiger charge is 2.28. The van der Waals surface area contributed by atoms with Crippen LogP contribution in [-0.4, -0.2) is 20.9 Å². The third kappa shape index (κ3) is 5.75. The molecule has 0 aromatic carbocycles. The lowest BCUT2D eigenvalue weighted by Crippen LogP contribution is -2.25. The second-order valence-corrected chi connectivity index (χ2v) is 8.58. The van der Waals surface area contributed by atoms with Crippen LogP contribution in [-0.2, 0) is 17.6 Å². The van der Waals surface area contributed by atoms with Crippen molar-refractivity contribution >= 4 is 5.91 Å². The summed E-state index contributed by atoms with van der Waals surface area (Å²) in [4.78, 5) is 25.1. The van der Waals surface area contributed by atoms with Crippen molar-refractivity contribution in [3.63, 3.8) is 0 Å². The van der Waals surface area contributed by atoms with Gasteiger partial charge in [0.25, 0.3) is 0 Å². The molecule has 0 bridgehead atoms. The smallest absolute Gasteiger partial charge is 0.217 e. The van der Waals surface area contributed by atoms with Gasteiger partial charge in [0.1, 0.15) is 0 Å².